The molecule has 0 bridgehead atoms. The molecule has 0 radical (unpaired) electrons. The second kappa shape index (κ2) is 11.3. The lowest BCUT2D eigenvalue weighted by molar-refractivity contribution is 0.0174. The minimum atomic E-state index is -0.0424. The summed E-state index contributed by atoms with van der Waals surface area (Å²) in [6.07, 6.45) is 5.21. The predicted octanol–water partition coefficient (Wildman–Crippen LogP) is 4.74. The van der Waals surface area contributed by atoms with Gasteiger partial charge in [0.25, 0.3) is 11.8 Å². The molecule has 1 aromatic carbocycles. The zero-order valence-electron chi connectivity index (χ0n) is 19.9. The van der Waals surface area contributed by atoms with Crippen molar-refractivity contribution in [1.29, 1.82) is 0 Å². The van der Waals surface area contributed by atoms with Crippen LogP contribution in [-0.4, -0.2) is 69.6 Å². The number of carbonyl (C=O) groups excluding carboxylic acids is 2. The first-order valence-corrected chi connectivity index (χ1v) is 13.9. The molecule has 5 rings (SSSR count). The number of ether oxygens (including phenoxy) is 1. The van der Waals surface area contributed by atoms with Crippen molar-refractivity contribution in [2.75, 3.05) is 31.9 Å². The molecule has 9 heteroatoms. The largest absolute Gasteiger partial charge is 0.487 e. The zero-order chi connectivity index (χ0) is 24.9. The molecule has 3 aromatic rings. The van der Waals surface area contributed by atoms with Gasteiger partial charge < -0.3 is 14.5 Å². The first kappa shape index (κ1) is 24.5. The Morgan fingerprint density at radius 2 is 1.86 bits per heavy atom. The van der Waals surface area contributed by atoms with Crippen LogP contribution in [0.2, 0.25) is 0 Å². The van der Waals surface area contributed by atoms with E-state index in [-0.39, 0.29) is 23.8 Å². The number of nitrogens with zero attached hydrogens (tertiary/aromatic N) is 4. The number of pyridine rings is 1. The number of benzene rings is 1. The lowest BCUT2D eigenvalue weighted by atomic mass is 9.97. The highest BCUT2D eigenvalue weighted by Gasteiger charge is 2.34. The summed E-state index contributed by atoms with van der Waals surface area (Å²) in [6.45, 7) is 6.22. The molecule has 2 amide bonds. The van der Waals surface area contributed by atoms with Crippen LogP contribution >= 0.6 is 23.1 Å². The van der Waals surface area contributed by atoms with Crippen molar-refractivity contribution in [1.82, 2.24) is 19.8 Å². The molecule has 0 unspecified atom stereocenters. The van der Waals surface area contributed by atoms with Gasteiger partial charge in [-0.3, -0.25) is 9.59 Å². The van der Waals surface area contributed by atoms with Crippen LogP contribution in [0.25, 0.3) is 0 Å². The average Bonchev–Trinajstić information content (AvgIpc) is 3.40. The number of amides is 2. The van der Waals surface area contributed by atoms with Crippen molar-refractivity contribution in [2.45, 2.75) is 29.9 Å². The monoisotopic (exact) mass is 520 g/mol. The van der Waals surface area contributed by atoms with Crippen LogP contribution < -0.4 is 4.74 Å². The fourth-order valence-corrected chi connectivity index (χ4v) is 6.10. The van der Waals surface area contributed by atoms with Crippen molar-refractivity contribution < 1.29 is 14.3 Å². The third-order valence-corrected chi connectivity index (χ3v) is 8.40. The number of rotatable bonds is 8. The van der Waals surface area contributed by atoms with Gasteiger partial charge in [0.05, 0.1) is 23.7 Å². The summed E-state index contributed by atoms with van der Waals surface area (Å²) < 4.78 is 5.90. The molecule has 36 heavy (non-hydrogen) atoms. The fraction of sp³-hybridized carbons (Fsp3) is 0.333. The van der Waals surface area contributed by atoms with Crippen LogP contribution in [0.3, 0.4) is 0 Å². The Hall–Kier alpha value is -3.17. The Balaban J connectivity index is 1.13. The highest BCUT2D eigenvalue weighted by Crippen LogP contribution is 2.32. The van der Waals surface area contributed by atoms with Crippen LogP contribution in [0.5, 0.6) is 5.75 Å². The first-order chi connectivity index (χ1) is 17.6. The number of para-hydroxylation sites is 1. The van der Waals surface area contributed by atoms with E-state index in [1.54, 1.807) is 28.5 Å². The molecule has 2 saturated heterocycles. The summed E-state index contributed by atoms with van der Waals surface area (Å²) in [7, 11) is 0. The SMILES string of the molecule is C=CCSc1ncccc1C(=O)N1CCC(c2nc(C(=O)N3CC(Oc4ccccc4)C3)cs2)CC1. The Labute approximate surface area is 219 Å². The van der Waals surface area contributed by atoms with Gasteiger partial charge in [0.2, 0.25) is 0 Å². The van der Waals surface area contributed by atoms with Crippen LogP contribution in [-0.2, 0) is 0 Å². The number of hydrogen-bond acceptors (Lipinski definition) is 7. The Kier molecular flexibility index (Phi) is 7.67. The molecule has 2 aromatic heterocycles. The van der Waals surface area contributed by atoms with Gasteiger partial charge in [-0.2, -0.15) is 0 Å². The van der Waals surface area contributed by atoms with E-state index < -0.39 is 0 Å². The Morgan fingerprint density at radius 1 is 1.08 bits per heavy atom. The lowest BCUT2D eigenvalue weighted by Gasteiger charge is -2.38. The van der Waals surface area contributed by atoms with Crippen LogP contribution in [0.1, 0.15) is 44.6 Å². The quantitative estimate of drug-likeness (QED) is 0.316. The number of carbonyl (C=O) groups is 2. The van der Waals surface area contributed by atoms with Gasteiger partial charge in [0, 0.05) is 36.3 Å². The maximum absolute atomic E-state index is 13.1. The van der Waals surface area contributed by atoms with Crippen LogP contribution in [0, 0.1) is 0 Å². The number of likely N-dealkylation sites (tertiary alicyclic amines) is 2. The van der Waals surface area contributed by atoms with E-state index in [0.29, 0.717) is 43.2 Å². The molecule has 2 fully saturated rings. The van der Waals surface area contributed by atoms with Gasteiger partial charge in [-0.05, 0) is 37.1 Å². The van der Waals surface area contributed by atoms with Gasteiger partial charge in [-0.25, -0.2) is 9.97 Å². The molecule has 2 aliphatic heterocycles. The number of aromatic nitrogens is 2. The van der Waals surface area contributed by atoms with Gasteiger partial charge in [0.1, 0.15) is 22.6 Å². The summed E-state index contributed by atoms with van der Waals surface area (Å²) in [5.74, 6) is 1.77. The molecular formula is C27H28N4O3S2. The number of hydrogen-bond donors (Lipinski definition) is 0. The summed E-state index contributed by atoms with van der Waals surface area (Å²) >= 11 is 3.06. The minimum absolute atomic E-state index is 0.0202. The van der Waals surface area contributed by atoms with Crippen molar-refractivity contribution in [2.24, 2.45) is 0 Å². The van der Waals surface area contributed by atoms with Crippen molar-refractivity contribution in [3.05, 3.63) is 83.0 Å². The smallest absolute Gasteiger partial charge is 0.273 e. The van der Waals surface area contributed by atoms with Gasteiger partial charge in [-0.15, -0.1) is 29.7 Å². The standard InChI is InChI=1S/C27H28N4O3S2/c1-2-15-35-25-22(9-6-12-28-25)26(32)30-13-10-19(11-14-30)24-29-23(18-36-24)27(33)31-16-21(17-31)34-20-7-4-3-5-8-20/h2-9,12,18-19,21H,1,10-11,13-17H2. The summed E-state index contributed by atoms with van der Waals surface area (Å²) in [6, 6.07) is 13.3. The third kappa shape index (κ3) is 5.47. The molecule has 2 aliphatic rings. The molecule has 4 heterocycles. The van der Waals surface area contributed by atoms with Crippen LogP contribution in [0.15, 0.2) is 71.7 Å². The van der Waals surface area contributed by atoms with Gasteiger partial charge in [0.15, 0.2) is 0 Å². The lowest BCUT2D eigenvalue weighted by Crippen LogP contribution is -2.56. The van der Waals surface area contributed by atoms with E-state index >= 15 is 0 Å². The van der Waals surface area contributed by atoms with E-state index in [1.807, 2.05) is 52.8 Å². The zero-order valence-corrected chi connectivity index (χ0v) is 21.5. The van der Waals surface area contributed by atoms with Crippen LogP contribution in [0.4, 0.5) is 0 Å². The molecule has 0 aliphatic carbocycles. The Morgan fingerprint density at radius 3 is 2.61 bits per heavy atom. The van der Waals surface area contributed by atoms with Crippen molar-refractivity contribution in [3.63, 3.8) is 0 Å². The number of thiazole rings is 1. The van der Waals surface area contributed by atoms with Gasteiger partial charge >= 0.3 is 0 Å². The maximum Gasteiger partial charge on any atom is 0.273 e. The minimum Gasteiger partial charge on any atom is -0.487 e. The fourth-order valence-electron chi connectivity index (χ4n) is 4.41. The average molecular weight is 521 g/mol. The van der Waals surface area contributed by atoms with Crippen molar-refractivity contribution >= 4 is 34.9 Å². The summed E-state index contributed by atoms with van der Waals surface area (Å²) in [5.41, 5.74) is 1.15. The van der Waals surface area contributed by atoms with E-state index in [4.69, 9.17) is 4.74 Å². The Bertz CT molecular complexity index is 1220. The summed E-state index contributed by atoms with van der Waals surface area (Å²) in [4.78, 5) is 38.8. The second-order valence-electron chi connectivity index (χ2n) is 8.86. The molecule has 0 saturated carbocycles. The number of piperidine rings is 1. The predicted molar refractivity (Wildman–Crippen MR) is 142 cm³/mol. The molecule has 0 atom stereocenters. The first-order valence-electron chi connectivity index (χ1n) is 12.1. The summed E-state index contributed by atoms with van der Waals surface area (Å²) in [5, 5.41) is 3.58. The van der Waals surface area contributed by atoms with Crippen molar-refractivity contribution in [3.8, 4) is 5.75 Å². The van der Waals surface area contributed by atoms with E-state index in [1.165, 1.54) is 11.8 Å². The molecule has 0 N–H and O–H groups in total. The van der Waals surface area contributed by atoms with E-state index in [2.05, 4.69) is 16.5 Å². The highest BCUT2D eigenvalue weighted by molar-refractivity contribution is 7.99. The van der Waals surface area contributed by atoms with E-state index in [0.717, 1.165) is 28.6 Å². The maximum atomic E-state index is 13.1. The molecule has 0 spiro atoms. The van der Waals surface area contributed by atoms with E-state index in [9.17, 15) is 9.59 Å². The normalized spacial score (nSPS) is 16.4. The molecule has 186 valence electrons. The third-order valence-electron chi connectivity index (χ3n) is 6.39. The topological polar surface area (TPSA) is 75.6 Å². The highest BCUT2D eigenvalue weighted by atomic mass is 32.2. The van der Waals surface area contributed by atoms with Gasteiger partial charge in [-0.1, -0.05) is 24.3 Å². The molecular weight excluding hydrogens is 492 g/mol. The second-order valence-corrected chi connectivity index (χ2v) is 10.8. The molecule has 7 nitrogen and oxygen atoms in total. The number of thioether (sulfide) groups is 1.